The Bertz CT molecular complexity index is 305. The molecule has 0 unspecified atom stereocenters. The first-order valence-corrected chi connectivity index (χ1v) is 5.10. The van der Waals surface area contributed by atoms with Crippen LogP contribution in [0.4, 0.5) is 0 Å². The maximum atomic E-state index is 3.51. The largest absolute Gasteiger partial charge is 0.316 e. The molecule has 0 bridgehead atoms. The molecule has 1 nitrogen and oxygen atoms in total. The lowest BCUT2D eigenvalue weighted by molar-refractivity contribution is 0.922. The molecule has 0 amide bonds. The fraction of sp³-hybridized carbons (Fsp3) is 0.273. The monoisotopic (exact) mass is 239 g/mol. The van der Waals surface area contributed by atoms with E-state index in [1.54, 1.807) is 0 Å². The van der Waals surface area contributed by atoms with Crippen molar-refractivity contribution >= 4 is 22.0 Å². The molecule has 1 rings (SSSR count). The van der Waals surface area contributed by atoms with Gasteiger partial charge in [-0.2, -0.15) is 0 Å². The first-order chi connectivity index (χ1) is 6.24. The summed E-state index contributed by atoms with van der Waals surface area (Å²) in [4.78, 5) is 0. The van der Waals surface area contributed by atoms with Crippen LogP contribution in [0.25, 0.3) is 6.08 Å². The Hall–Kier alpha value is -0.600. The van der Waals surface area contributed by atoms with E-state index in [2.05, 4.69) is 58.5 Å². The van der Waals surface area contributed by atoms with E-state index in [4.69, 9.17) is 0 Å². The standard InChI is InChI=1S/C11H14BrN/c1-9-5-6-11(12)10(8-9)4-3-7-13-2/h3-6,8,13H,7H2,1-2H3. The van der Waals surface area contributed by atoms with Gasteiger partial charge in [0.15, 0.2) is 0 Å². The molecule has 0 aliphatic rings. The van der Waals surface area contributed by atoms with Gasteiger partial charge in [-0.25, -0.2) is 0 Å². The number of aryl methyl sites for hydroxylation is 1. The fourth-order valence-corrected chi connectivity index (χ4v) is 1.47. The molecule has 0 saturated carbocycles. The van der Waals surface area contributed by atoms with E-state index < -0.39 is 0 Å². The summed E-state index contributed by atoms with van der Waals surface area (Å²) in [5, 5.41) is 3.07. The Labute approximate surface area is 88.0 Å². The minimum Gasteiger partial charge on any atom is -0.316 e. The van der Waals surface area contributed by atoms with Crippen LogP contribution in [0.3, 0.4) is 0 Å². The summed E-state index contributed by atoms with van der Waals surface area (Å²) in [5.41, 5.74) is 2.52. The zero-order valence-electron chi connectivity index (χ0n) is 7.97. The van der Waals surface area contributed by atoms with E-state index in [9.17, 15) is 0 Å². The zero-order valence-corrected chi connectivity index (χ0v) is 9.56. The summed E-state index contributed by atoms with van der Waals surface area (Å²) in [6, 6.07) is 6.34. The Kier molecular flexibility index (Phi) is 4.19. The maximum Gasteiger partial charge on any atom is 0.0247 e. The Morgan fingerprint density at radius 3 is 2.92 bits per heavy atom. The third-order valence-electron chi connectivity index (χ3n) is 1.77. The van der Waals surface area contributed by atoms with Gasteiger partial charge in [0.05, 0.1) is 0 Å². The van der Waals surface area contributed by atoms with Crippen LogP contribution >= 0.6 is 15.9 Å². The van der Waals surface area contributed by atoms with Gasteiger partial charge in [0, 0.05) is 11.0 Å². The number of benzene rings is 1. The molecule has 0 radical (unpaired) electrons. The fourth-order valence-electron chi connectivity index (χ4n) is 1.09. The second-order valence-electron chi connectivity index (χ2n) is 2.99. The van der Waals surface area contributed by atoms with Crippen LogP contribution in [-0.4, -0.2) is 13.6 Å². The summed E-state index contributed by atoms with van der Waals surface area (Å²) in [7, 11) is 1.94. The second-order valence-corrected chi connectivity index (χ2v) is 3.84. The number of nitrogens with one attached hydrogen (secondary N) is 1. The lowest BCUT2D eigenvalue weighted by atomic mass is 10.1. The number of hydrogen-bond donors (Lipinski definition) is 1. The van der Waals surface area contributed by atoms with Gasteiger partial charge in [-0.15, -0.1) is 0 Å². The van der Waals surface area contributed by atoms with Crippen LogP contribution in [0, 0.1) is 6.92 Å². The van der Waals surface area contributed by atoms with Crippen molar-refractivity contribution in [1.29, 1.82) is 0 Å². The van der Waals surface area contributed by atoms with E-state index in [1.807, 2.05) is 7.05 Å². The van der Waals surface area contributed by atoms with Gasteiger partial charge >= 0.3 is 0 Å². The summed E-state index contributed by atoms with van der Waals surface area (Å²) < 4.78 is 1.14. The SMILES string of the molecule is CNCC=Cc1cc(C)ccc1Br. The molecule has 13 heavy (non-hydrogen) atoms. The molecule has 0 heterocycles. The van der Waals surface area contributed by atoms with Crippen LogP contribution in [0.5, 0.6) is 0 Å². The zero-order chi connectivity index (χ0) is 9.68. The molecule has 1 aromatic carbocycles. The Balaban J connectivity index is 2.81. The molecule has 1 aromatic rings. The molecular weight excluding hydrogens is 226 g/mol. The number of rotatable bonds is 3. The van der Waals surface area contributed by atoms with Crippen LogP contribution < -0.4 is 5.32 Å². The van der Waals surface area contributed by atoms with E-state index in [0.29, 0.717) is 0 Å². The maximum absolute atomic E-state index is 3.51. The first-order valence-electron chi connectivity index (χ1n) is 4.31. The van der Waals surface area contributed by atoms with Crippen molar-refractivity contribution in [3.63, 3.8) is 0 Å². The molecular formula is C11H14BrN. The number of likely N-dealkylation sites (N-methyl/N-ethyl adjacent to an activating group) is 1. The van der Waals surface area contributed by atoms with E-state index >= 15 is 0 Å². The molecule has 2 heteroatoms. The van der Waals surface area contributed by atoms with Gasteiger partial charge in [0.25, 0.3) is 0 Å². The molecule has 0 aliphatic heterocycles. The topological polar surface area (TPSA) is 12.0 Å². The van der Waals surface area contributed by atoms with Gasteiger partial charge in [0.1, 0.15) is 0 Å². The van der Waals surface area contributed by atoms with Gasteiger partial charge in [-0.05, 0) is 25.6 Å². The molecule has 0 aromatic heterocycles. The van der Waals surface area contributed by atoms with Crippen molar-refractivity contribution in [3.8, 4) is 0 Å². The highest BCUT2D eigenvalue weighted by atomic mass is 79.9. The van der Waals surface area contributed by atoms with Crippen molar-refractivity contribution in [3.05, 3.63) is 39.9 Å². The highest BCUT2D eigenvalue weighted by Gasteiger charge is 1.94. The second kappa shape index (κ2) is 5.20. The average molecular weight is 240 g/mol. The van der Waals surface area contributed by atoms with Crippen molar-refractivity contribution in [2.75, 3.05) is 13.6 Å². The average Bonchev–Trinajstić information content (AvgIpc) is 2.11. The van der Waals surface area contributed by atoms with Crippen molar-refractivity contribution in [2.45, 2.75) is 6.92 Å². The lowest BCUT2D eigenvalue weighted by Gasteiger charge is -1.99. The van der Waals surface area contributed by atoms with Gasteiger partial charge in [-0.1, -0.05) is 45.8 Å². The van der Waals surface area contributed by atoms with Crippen LogP contribution in [0.15, 0.2) is 28.7 Å². The van der Waals surface area contributed by atoms with Gasteiger partial charge in [-0.3, -0.25) is 0 Å². The minimum absolute atomic E-state index is 0.903. The van der Waals surface area contributed by atoms with E-state index in [1.165, 1.54) is 11.1 Å². The van der Waals surface area contributed by atoms with E-state index in [-0.39, 0.29) is 0 Å². The van der Waals surface area contributed by atoms with Crippen LogP contribution in [0.1, 0.15) is 11.1 Å². The summed E-state index contributed by atoms with van der Waals surface area (Å²) in [5.74, 6) is 0. The molecule has 0 atom stereocenters. The third-order valence-corrected chi connectivity index (χ3v) is 2.49. The van der Waals surface area contributed by atoms with Crippen molar-refractivity contribution in [2.24, 2.45) is 0 Å². The van der Waals surface area contributed by atoms with Crippen LogP contribution in [0.2, 0.25) is 0 Å². The molecule has 0 aliphatic carbocycles. The highest BCUT2D eigenvalue weighted by molar-refractivity contribution is 9.10. The number of halogens is 1. The molecule has 0 spiro atoms. The minimum atomic E-state index is 0.903. The normalized spacial score (nSPS) is 11.0. The summed E-state index contributed by atoms with van der Waals surface area (Å²) in [6.45, 7) is 3.00. The first kappa shape index (κ1) is 10.5. The van der Waals surface area contributed by atoms with Crippen molar-refractivity contribution < 1.29 is 0 Å². The lowest BCUT2D eigenvalue weighted by Crippen LogP contribution is -2.03. The predicted octanol–water partition coefficient (Wildman–Crippen LogP) is 2.99. The third kappa shape index (κ3) is 3.33. The Morgan fingerprint density at radius 2 is 2.23 bits per heavy atom. The van der Waals surface area contributed by atoms with Crippen LogP contribution in [-0.2, 0) is 0 Å². The summed E-state index contributed by atoms with van der Waals surface area (Å²) in [6.07, 6.45) is 4.23. The quantitative estimate of drug-likeness (QED) is 0.856. The van der Waals surface area contributed by atoms with Crippen molar-refractivity contribution in [1.82, 2.24) is 5.32 Å². The van der Waals surface area contributed by atoms with E-state index in [0.717, 1.165) is 11.0 Å². The Morgan fingerprint density at radius 1 is 1.46 bits per heavy atom. The molecule has 0 saturated heterocycles. The van der Waals surface area contributed by atoms with Gasteiger partial charge < -0.3 is 5.32 Å². The highest BCUT2D eigenvalue weighted by Crippen LogP contribution is 2.19. The smallest absolute Gasteiger partial charge is 0.0247 e. The summed E-state index contributed by atoms with van der Waals surface area (Å²) >= 11 is 3.51. The molecule has 0 fully saturated rings. The van der Waals surface area contributed by atoms with Gasteiger partial charge in [0.2, 0.25) is 0 Å². The number of hydrogen-bond acceptors (Lipinski definition) is 1. The predicted molar refractivity (Wildman–Crippen MR) is 61.8 cm³/mol. The molecule has 70 valence electrons. The molecule has 1 N–H and O–H groups in total.